The molecule has 0 saturated carbocycles. The first-order chi connectivity index (χ1) is 6.86. The van der Waals surface area contributed by atoms with E-state index in [4.69, 9.17) is 0 Å². The number of hydrogen-bond acceptors (Lipinski definition) is 1. The van der Waals surface area contributed by atoms with Crippen LogP contribution < -0.4 is 5.19 Å². The average molecular weight is 285 g/mol. The lowest BCUT2D eigenvalue weighted by Gasteiger charge is -2.20. The molecule has 1 aromatic rings. The van der Waals surface area contributed by atoms with Crippen LogP contribution in [0.1, 0.15) is 5.56 Å². The molecule has 0 amide bonds. The summed E-state index contributed by atoms with van der Waals surface area (Å²) in [6.07, 6.45) is 2.73. The highest BCUT2D eigenvalue weighted by Gasteiger charge is 2.22. The van der Waals surface area contributed by atoms with Crippen molar-refractivity contribution >= 4 is 29.2 Å². The zero-order chi connectivity index (χ0) is 11.6. The summed E-state index contributed by atoms with van der Waals surface area (Å²) in [4.78, 5) is 0. The van der Waals surface area contributed by atoms with Crippen molar-refractivity contribution in [2.75, 3.05) is 0 Å². The van der Waals surface area contributed by atoms with Gasteiger partial charge in [-0.05, 0) is 39.2 Å². The van der Waals surface area contributed by atoms with Gasteiger partial charge in [0.1, 0.15) is 5.75 Å². The van der Waals surface area contributed by atoms with Crippen molar-refractivity contribution in [3.8, 4) is 5.75 Å². The first kappa shape index (κ1) is 12.5. The monoisotopic (exact) mass is 284 g/mol. The van der Waals surface area contributed by atoms with Crippen molar-refractivity contribution in [3.05, 3.63) is 34.8 Å². The largest absolute Gasteiger partial charge is 0.507 e. The second-order valence-electron chi connectivity index (χ2n) is 4.72. The molecule has 1 aromatic carbocycles. The highest BCUT2D eigenvalue weighted by atomic mass is 79.9. The van der Waals surface area contributed by atoms with E-state index in [0.717, 1.165) is 16.1 Å². The second-order valence-corrected chi connectivity index (χ2v) is 10.6. The van der Waals surface area contributed by atoms with Crippen LogP contribution in [0, 0.1) is 0 Å². The zero-order valence-electron chi connectivity index (χ0n) is 9.47. The van der Waals surface area contributed by atoms with Gasteiger partial charge in [0.05, 0.1) is 12.5 Å². The van der Waals surface area contributed by atoms with Crippen molar-refractivity contribution in [1.82, 2.24) is 0 Å². The number of halogens is 1. The molecule has 0 radical (unpaired) electrons. The van der Waals surface area contributed by atoms with Gasteiger partial charge in [0.25, 0.3) is 0 Å². The number of benzene rings is 1. The van der Waals surface area contributed by atoms with Crippen molar-refractivity contribution < 1.29 is 5.11 Å². The van der Waals surface area contributed by atoms with E-state index in [2.05, 4.69) is 48.2 Å². The minimum Gasteiger partial charge on any atom is -0.507 e. The number of phenols is 1. The van der Waals surface area contributed by atoms with Gasteiger partial charge in [-0.25, -0.2) is 0 Å². The molecule has 0 atom stereocenters. The van der Waals surface area contributed by atoms with E-state index in [0.29, 0.717) is 5.75 Å². The number of hydrogen-bond donors (Lipinski definition) is 1. The van der Waals surface area contributed by atoms with Gasteiger partial charge in [0.15, 0.2) is 0 Å². The van der Waals surface area contributed by atoms with Gasteiger partial charge < -0.3 is 5.11 Å². The molecular weight excluding hydrogens is 268 g/mol. The van der Waals surface area contributed by atoms with E-state index in [1.807, 2.05) is 12.1 Å². The van der Waals surface area contributed by atoms with E-state index in [-0.39, 0.29) is 0 Å². The Labute approximate surface area is 101 Å². The summed E-state index contributed by atoms with van der Waals surface area (Å²) in [5.41, 5.74) is 1.20. The van der Waals surface area contributed by atoms with Crippen LogP contribution in [-0.2, 0) is 6.42 Å². The van der Waals surface area contributed by atoms with Gasteiger partial charge in [-0.15, -0.1) is 6.58 Å². The van der Waals surface area contributed by atoms with E-state index in [9.17, 15) is 5.11 Å². The Morgan fingerprint density at radius 2 is 2.00 bits per heavy atom. The van der Waals surface area contributed by atoms with Crippen LogP contribution in [0.3, 0.4) is 0 Å². The zero-order valence-corrected chi connectivity index (χ0v) is 12.1. The molecule has 1 nitrogen and oxygen atoms in total. The topological polar surface area (TPSA) is 20.2 Å². The molecule has 1 rings (SSSR count). The van der Waals surface area contributed by atoms with Crippen LogP contribution in [-0.4, -0.2) is 13.2 Å². The number of aromatic hydroxyl groups is 1. The fraction of sp³-hybridized carbons (Fsp3) is 0.333. The molecule has 82 valence electrons. The van der Waals surface area contributed by atoms with Crippen LogP contribution in [0.2, 0.25) is 19.6 Å². The molecule has 0 aromatic heterocycles. The van der Waals surface area contributed by atoms with Crippen LogP contribution in [0.25, 0.3) is 0 Å². The minimum absolute atomic E-state index is 0.405. The normalized spacial score (nSPS) is 11.5. The number of phenolic OH excluding ortho intramolecular Hbond substituents is 1. The molecule has 15 heavy (non-hydrogen) atoms. The predicted octanol–water partition coefficient (Wildman–Crippen LogP) is 3.43. The van der Waals surface area contributed by atoms with Gasteiger partial charge in [-0.3, -0.25) is 0 Å². The number of allylic oxidation sites excluding steroid dienone is 1. The summed E-state index contributed by atoms with van der Waals surface area (Å²) >= 11 is 3.40. The van der Waals surface area contributed by atoms with Crippen LogP contribution in [0.5, 0.6) is 5.75 Å². The molecule has 1 N–H and O–H groups in total. The lowest BCUT2D eigenvalue weighted by atomic mass is 10.1. The van der Waals surface area contributed by atoms with Crippen LogP contribution >= 0.6 is 15.9 Å². The molecule has 0 aliphatic heterocycles. The fourth-order valence-corrected chi connectivity index (χ4v) is 3.67. The summed E-state index contributed by atoms with van der Waals surface area (Å²) in [5, 5.41) is 11.1. The Balaban J connectivity index is 3.31. The molecule has 0 spiro atoms. The van der Waals surface area contributed by atoms with E-state index >= 15 is 0 Å². The van der Waals surface area contributed by atoms with Crippen molar-refractivity contribution in [3.63, 3.8) is 0 Å². The molecule has 0 aliphatic rings. The fourth-order valence-electron chi connectivity index (χ4n) is 1.51. The maximum absolute atomic E-state index is 9.99. The van der Waals surface area contributed by atoms with Gasteiger partial charge >= 0.3 is 0 Å². The number of rotatable bonds is 3. The Hall–Kier alpha value is -0.543. The van der Waals surface area contributed by atoms with E-state index in [1.165, 1.54) is 5.56 Å². The molecule has 0 heterocycles. The molecule has 0 fully saturated rings. The average Bonchev–Trinajstić information content (AvgIpc) is 2.09. The molecule has 0 unspecified atom stereocenters. The third kappa shape index (κ3) is 2.95. The Morgan fingerprint density at radius 1 is 1.40 bits per heavy atom. The summed E-state index contributed by atoms with van der Waals surface area (Å²) < 4.78 is 0.791. The van der Waals surface area contributed by atoms with Crippen molar-refractivity contribution in [2.24, 2.45) is 0 Å². The SMILES string of the molecule is C=CCc1cc(Br)c(O)c([Si](C)(C)C)c1. The Morgan fingerprint density at radius 3 is 2.47 bits per heavy atom. The summed E-state index contributed by atoms with van der Waals surface area (Å²) in [5.74, 6) is 0.405. The van der Waals surface area contributed by atoms with Gasteiger partial charge in [0, 0.05) is 0 Å². The maximum atomic E-state index is 9.99. The van der Waals surface area contributed by atoms with E-state index in [1.54, 1.807) is 0 Å². The third-order valence-electron chi connectivity index (χ3n) is 2.31. The van der Waals surface area contributed by atoms with Crippen LogP contribution in [0.15, 0.2) is 29.3 Å². The van der Waals surface area contributed by atoms with Gasteiger partial charge in [-0.2, -0.15) is 0 Å². The van der Waals surface area contributed by atoms with Crippen LogP contribution in [0.4, 0.5) is 0 Å². The quantitative estimate of drug-likeness (QED) is 0.666. The summed E-state index contributed by atoms with van der Waals surface area (Å²) in [6.45, 7) is 10.4. The molecule has 0 aliphatic carbocycles. The first-order valence-corrected chi connectivity index (χ1v) is 9.28. The predicted molar refractivity (Wildman–Crippen MR) is 72.7 cm³/mol. The van der Waals surface area contributed by atoms with Crippen molar-refractivity contribution in [2.45, 2.75) is 26.1 Å². The third-order valence-corrected chi connectivity index (χ3v) is 4.91. The standard InChI is InChI=1S/C12H17BrOSi/c1-5-6-9-7-10(13)12(14)11(8-9)15(2,3)4/h5,7-8,14H,1,6H2,2-4H3. The Bertz CT molecular complexity index is 380. The maximum Gasteiger partial charge on any atom is 0.128 e. The minimum atomic E-state index is -1.48. The van der Waals surface area contributed by atoms with E-state index < -0.39 is 8.07 Å². The molecule has 0 saturated heterocycles. The highest BCUT2D eigenvalue weighted by molar-refractivity contribution is 9.10. The molecule has 3 heteroatoms. The van der Waals surface area contributed by atoms with Crippen molar-refractivity contribution in [1.29, 1.82) is 0 Å². The first-order valence-electron chi connectivity index (χ1n) is 4.99. The molecular formula is C12H17BrOSi. The summed E-state index contributed by atoms with van der Waals surface area (Å²) in [7, 11) is -1.48. The highest BCUT2D eigenvalue weighted by Crippen LogP contribution is 2.26. The molecule has 0 bridgehead atoms. The van der Waals surface area contributed by atoms with Gasteiger partial charge in [-0.1, -0.05) is 31.8 Å². The van der Waals surface area contributed by atoms with Gasteiger partial charge in [0.2, 0.25) is 0 Å². The summed E-state index contributed by atoms with van der Waals surface area (Å²) in [6, 6.07) is 4.06. The smallest absolute Gasteiger partial charge is 0.128 e. The Kier molecular flexibility index (Phi) is 3.79. The second kappa shape index (κ2) is 4.54. The lowest BCUT2D eigenvalue weighted by Crippen LogP contribution is -2.38. The lowest BCUT2D eigenvalue weighted by molar-refractivity contribution is 0.475.